The quantitative estimate of drug-likeness (QED) is 0.947. The van der Waals surface area contributed by atoms with Crippen molar-refractivity contribution < 1.29 is 9.50 Å². The van der Waals surface area contributed by atoms with E-state index in [0.717, 1.165) is 5.69 Å². The van der Waals surface area contributed by atoms with Crippen molar-refractivity contribution in [3.8, 4) is 11.4 Å². The predicted molar refractivity (Wildman–Crippen MR) is 70.4 cm³/mol. The second-order valence-corrected chi connectivity index (χ2v) is 4.75. The molecule has 0 saturated carbocycles. The standard InChI is InChI=1S/C13H12BrFN2O/c1-2-12-9(7-18)6-16-13(17-12)8-3-10(14)5-11(15)4-8/h3-6,18H,2,7H2,1H3. The molecule has 0 radical (unpaired) electrons. The Labute approximate surface area is 113 Å². The van der Waals surface area contributed by atoms with Gasteiger partial charge in [0.1, 0.15) is 5.82 Å². The summed E-state index contributed by atoms with van der Waals surface area (Å²) in [6.45, 7) is 1.86. The maximum atomic E-state index is 13.3. The predicted octanol–water partition coefficient (Wildman–Crippen LogP) is 3.10. The van der Waals surface area contributed by atoms with Gasteiger partial charge in [-0.15, -0.1) is 0 Å². The number of halogens is 2. The minimum absolute atomic E-state index is 0.0870. The van der Waals surface area contributed by atoms with E-state index in [2.05, 4.69) is 25.9 Å². The Balaban J connectivity index is 2.50. The van der Waals surface area contributed by atoms with Gasteiger partial charge in [0, 0.05) is 27.5 Å². The maximum absolute atomic E-state index is 13.3. The zero-order valence-electron chi connectivity index (χ0n) is 9.82. The van der Waals surface area contributed by atoms with Gasteiger partial charge in [0.2, 0.25) is 0 Å². The number of aliphatic hydroxyl groups is 1. The molecule has 0 bridgehead atoms. The van der Waals surface area contributed by atoms with Crippen molar-refractivity contribution in [2.45, 2.75) is 20.0 Å². The van der Waals surface area contributed by atoms with Gasteiger partial charge in [-0.1, -0.05) is 22.9 Å². The lowest BCUT2D eigenvalue weighted by Gasteiger charge is -2.07. The first-order chi connectivity index (χ1) is 8.63. The van der Waals surface area contributed by atoms with Crippen LogP contribution >= 0.6 is 15.9 Å². The van der Waals surface area contributed by atoms with Gasteiger partial charge in [-0.3, -0.25) is 0 Å². The minimum Gasteiger partial charge on any atom is -0.392 e. The summed E-state index contributed by atoms with van der Waals surface area (Å²) in [5, 5.41) is 9.15. The van der Waals surface area contributed by atoms with E-state index in [4.69, 9.17) is 5.11 Å². The minimum atomic E-state index is -0.341. The maximum Gasteiger partial charge on any atom is 0.159 e. The zero-order chi connectivity index (χ0) is 13.1. The molecule has 3 nitrogen and oxygen atoms in total. The lowest BCUT2D eigenvalue weighted by molar-refractivity contribution is 0.279. The Morgan fingerprint density at radius 3 is 2.72 bits per heavy atom. The van der Waals surface area contributed by atoms with Crippen LogP contribution in [-0.4, -0.2) is 15.1 Å². The molecule has 0 aliphatic rings. The summed E-state index contributed by atoms with van der Waals surface area (Å²) >= 11 is 3.24. The monoisotopic (exact) mass is 310 g/mol. The number of aliphatic hydroxyl groups excluding tert-OH is 1. The Morgan fingerprint density at radius 1 is 1.33 bits per heavy atom. The summed E-state index contributed by atoms with van der Waals surface area (Å²) in [6.07, 6.45) is 2.28. The average molecular weight is 311 g/mol. The normalized spacial score (nSPS) is 10.7. The second-order valence-electron chi connectivity index (χ2n) is 3.84. The van der Waals surface area contributed by atoms with Crippen molar-refractivity contribution in [1.29, 1.82) is 0 Å². The van der Waals surface area contributed by atoms with Crippen LogP contribution in [0.4, 0.5) is 4.39 Å². The van der Waals surface area contributed by atoms with Gasteiger partial charge in [0.15, 0.2) is 5.82 Å². The lowest BCUT2D eigenvalue weighted by atomic mass is 10.1. The van der Waals surface area contributed by atoms with Crippen molar-refractivity contribution in [2.24, 2.45) is 0 Å². The lowest BCUT2D eigenvalue weighted by Crippen LogP contribution is -2.01. The third-order valence-electron chi connectivity index (χ3n) is 2.58. The molecule has 0 spiro atoms. The number of rotatable bonds is 3. The van der Waals surface area contributed by atoms with Gasteiger partial charge in [-0.2, -0.15) is 0 Å². The molecule has 2 rings (SSSR count). The molecule has 5 heteroatoms. The summed E-state index contributed by atoms with van der Waals surface area (Å²) in [6, 6.07) is 4.53. The van der Waals surface area contributed by atoms with E-state index in [0.29, 0.717) is 27.8 Å². The molecule has 0 amide bonds. The van der Waals surface area contributed by atoms with Crippen molar-refractivity contribution >= 4 is 15.9 Å². The highest BCUT2D eigenvalue weighted by atomic mass is 79.9. The molecule has 0 unspecified atom stereocenters. The Morgan fingerprint density at radius 2 is 2.11 bits per heavy atom. The van der Waals surface area contributed by atoms with Crippen LogP contribution in [0.15, 0.2) is 28.9 Å². The van der Waals surface area contributed by atoms with Crippen LogP contribution in [0.5, 0.6) is 0 Å². The third kappa shape index (κ3) is 2.73. The first-order valence-electron chi connectivity index (χ1n) is 5.56. The van der Waals surface area contributed by atoms with Crippen LogP contribution in [0, 0.1) is 5.82 Å². The fraction of sp³-hybridized carbons (Fsp3) is 0.231. The van der Waals surface area contributed by atoms with E-state index >= 15 is 0 Å². The number of hydrogen-bond donors (Lipinski definition) is 1. The van der Waals surface area contributed by atoms with Crippen molar-refractivity contribution in [3.63, 3.8) is 0 Å². The van der Waals surface area contributed by atoms with E-state index in [-0.39, 0.29) is 12.4 Å². The van der Waals surface area contributed by atoms with E-state index in [1.807, 2.05) is 6.92 Å². The molecule has 0 aliphatic carbocycles. The molecule has 2 aromatic rings. The van der Waals surface area contributed by atoms with Crippen molar-refractivity contribution in [3.05, 3.63) is 45.9 Å². The van der Waals surface area contributed by atoms with Crippen LogP contribution in [0.3, 0.4) is 0 Å². The van der Waals surface area contributed by atoms with E-state index in [9.17, 15) is 4.39 Å². The van der Waals surface area contributed by atoms with Crippen LogP contribution < -0.4 is 0 Å². The summed E-state index contributed by atoms with van der Waals surface area (Å²) in [7, 11) is 0. The largest absolute Gasteiger partial charge is 0.392 e. The molecule has 94 valence electrons. The van der Waals surface area contributed by atoms with Gasteiger partial charge in [0.25, 0.3) is 0 Å². The highest BCUT2D eigenvalue weighted by Crippen LogP contribution is 2.22. The number of nitrogens with zero attached hydrogens (tertiary/aromatic N) is 2. The van der Waals surface area contributed by atoms with Crippen LogP contribution in [0.1, 0.15) is 18.2 Å². The summed E-state index contributed by atoms with van der Waals surface area (Å²) in [5.74, 6) is 0.122. The SMILES string of the molecule is CCc1nc(-c2cc(F)cc(Br)c2)ncc1CO. The first-order valence-corrected chi connectivity index (χ1v) is 6.35. The first kappa shape index (κ1) is 13.1. The van der Waals surface area contributed by atoms with Gasteiger partial charge >= 0.3 is 0 Å². The third-order valence-corrected chi connectivity index (χ3v) is 3.04. The summed E-state index contributed by atoms with van der Waals surface area (Å²) in [4.78, 5) is 8.51. The van der Waals surface area contributed by atoms with Crippen molar-refractivity contribution in [2.75, 3.05) is 0 Å². The zero-order valence-corrected chi connectivity index (χ0v) is 11.4. The molecule has 1 N–H and O–H groups in total. The van der Waals surface area contributed by atoms with E-state index in [1.165, 1.54) is 12.1 Å². The number of benzene rings is 1. The fourth-order valence-electron chi connectivity index (χ4n) is 1.70. The van der Waals surface area contributed by atoms with E-state index in [1.54, 1.807) is 12.3 Å². The fourth-order valence-corrected chi connectivity index (χ4v) is 2.17. The Hall–Kier alpha value is -1.33. The number of aryl methyl sites for hydroxylation is 1. The summed E-state index contributed by atoms with van der Waals surface area (Å²) in [5.41, 5.74) is 2.10. The second kappa shape index (κ2) is 5.54. The number of hydrogen-bond acceptors (Lipinski definition) is 3. The van der Waals surface area contributed by atoms with E-state index < -0.39 is 0 Å². The van der Waals surface area contributed by atoms with Gasteiger partial charge < -0.3 is 5.11 Å². The van der Waals surface area contributed by atoms with Gasteiger partial charge in [0.05, 0.1) is 6.61 Å². The number of aromatic nitrogens is 2. The molecular formula is C13H12BrFN2O. The Bertz CT molecular complexity index is 555. The molecule has 1 aromatic carbocycles. The topological polar surface area (TPSA) is 46.0 Å². The van der Waals surface area contributed by atoms with Crippen LogP contribution in [0.25, 0.3) is 11.4 Å². The molecule has 1 aromatic heterocycles. The smallest absolute Gasteiger partial charge is 0.159 e. The molecule has 18 heavy (non-hydrogen) atoms. The van der Waals surface area contributed by atoms with Gasteiger partial charge in [-0.25, -0.2) is 14.4 Å². The molecular weight excluding hydrogens is 299 g/mol. The van der Waals surface area contributed by atoms with Crippen molar-refractivity contribution in [1.82, 2.24) is 9.97 Å². The molecule has 0 fully saturated rings. The van der Waals surface area contributed by atoms with Crippen LogP contribution in [-0.2, 0) is 13.0 Å². The highest BCUT2D eigenvalue weighted by Gasteiger charge is 2.08. The Kier molecular flexibility index (Phi) is 4.04. The summed E-state index contributed by atoms with van der Waals surface area (Å²) < 4.78 is 14.0. The van der Waals surface area contributed by atoms with Crippen LogP contribution in [0.2, 0.25) is 0 Å². The molecule has 1 heterocycles. The molecule has 0 atom stereocenters. The highest BCUT2D eigenvalue weighted by molar-refractivity contribution is 9.10. The molecule has 0 aliphatic heterocycles. The average Bonchev–Trinajstić information content (AvgIpc) is 2.36. The molecule has 0 saturated heterocycles. The van der Waals surface area contributed by atoms with Gasteiger partial charge in [-0.05, 0) is 24.6 Å².